The van der Waals surface area contributed by atoms with Crippen LogP contribution in [-0.2, 0) is 4.74 Å². The lowest BCUT2D eigenvalue weighted by atomic mass is 9.79. The Bertz CT molecular complexity index is 159. The molecule has 0 saturated heterocycles. The van der Waals surface area contributed by atoms with Gasteiger partial charge in [0.05, 0.1) is 0 Å². The van der Waals surface area contributed by atoms with Crippen LogP contribution in [0.4, 0.5) is 0 Å². The Hall–Kier alpha value is -0.0400. The fraction of sp³-hybridized carbons (Fsp3) is 1.00. The summed E-state index contributed by atoms with van der Waals surface area (Å²) in [5.41, 5.74) is 0.866. The second-order valence-corrected chi connectivity index (χ2v) is 7.19. The Morgan fingerprint density at radius 2 is 1.47 bits per heavy atom. The predicted molar refractivity (Wildman–Crippen MR) is 68.1 cm³/mol. The zero-order chi connectivity index (χ0) is 12.1. The van der Waals surface area contributed by atoms with Crippen molar-refractivity contribution in [3.63, 3.8) is 0 Å². The Morgan fingerprint density at radius 3 is 1.80 bits per heavy atom. The van der Waals surface area contributed by atoms with Gasteiger partial charge in [-0.15, -0.1) is 0 Å². The molecule has 0 aromatic heterocycles. The first-order valence-corrected chi connectivity index (χ1v) is 6.13. The van der Waals surface area contributed by atoms with E-state index in [1.807, 2.05) is 7.11 Å². The molecule has 0 heterocycles. The van der Waals surface area contributed by atoms with Crippen molar-refractivity contribution in [3.8, 4) is 0 Å². The largest absolute Gasteiger partial charge is 0.384 e. The molecule has 0 saturated carbocycles. The molecule has 92 valence electrons. The van der Waals surface area contributed by atoms with Gasteiger partial charge in [0, 0.05) is 13.7 Å². The quantitative estimate of drug-likeness (QED) is 0.654. The van der Waals surface area contributed by atoms with Gasteiger partial charge < -0.3 is 4.74 Å². The first-order valence-electron chi connectivity index (χ1n) is 6.13. The second kappa shape index (κ2) is 5.89. The average Bonchev–Trinajstić information content (AvgIpc) is 1.96. The summed E-state index contributed by atoms with van der Waals surface area (Å²) >= 11 is 0. The van der Waals surface area contributed by atoms with Crippen LogP contribution in [0, 0.1) is 16.7 Å². The number of methoxy groups -OCH3 is 1. The highest BCUT2D eigenvalue weighted by Crippen LogP contribution is 2.31. The van der Waals surface area contributed by atoms with Crippen LogP contribution >= 0.6 is 0 Å². The summed E-state index contributed by atoms with van der Waals surface area (Å²) in [5, 5.41) is 0. The van der Waals surface area contributed by atoms with Gasteiger partial charge in [0.15, 0.2) is 0 Å². The van der Waals surface area contributed by atoms with Gasteiger partial charge in [-0.25, -0.2) is 0 Å². The summed E-state index contributed by atoms with van der Waals surface area (Å²) in [6.45, 7) is 14.8. The average molecular weight is 214 g/mol. The third-order valence-corrected chi connectivity index (χ3v) is 2.61. The molecule has 1 heteroatoms. The molecule has 15 heavy (non-hydrogen) atoms. The molecule has 0 aromatic carbocycles. The summed E-state index contributed by atoms with van der Waals surface area (Å²) in [6, 6.07) is 0. The van der Waals surface area contributed by atoms with Gasteiger partial charge in [-0.05, 0) is 36.0 Å². The molecule has 0 spiro atoms. The third-order valence-electron chi connectivity index (χ3n) is 2.61. The molecule has 1 atom stereocenters. The van der Waals surface area contributed by atoms with Crippen LogP contribution in [0.3, 0.4) is 0 Å². The van der Waals surface area contributed by atoms with E-state index in [9.17, 15) is 0 Å². The molecular formula is C14H30O. The number of hydrogen-bond acceptors (Lipinski definition) is 1. The molecule has 0 aromatic rings. The van der Waals surface area contributed by atoms with Gasteiger partial charge in [0.25, 0.3) is 0 Å². The maximum atomic E-state index is 5.32. The van der Waals surface area contributed by atoms with E-state index >= 15 is 0 Å². The van der Waals surface area contributed by atoms with Crippen LogP contribution in [-0.4, -0.2) is 13.7 Å². The molecule has 0 N–H and O–H groups in total. The van der Waals surface area contributed by atoms with Crippen molar-refractivity contribution in [1.29, 1.82) is 0 Å². The maximum Gasteiger partial charge on any atom is 0.0490 e. The lowest BCUT2D eigenvalue weighted by molar-refractivity contribution is 0.113. The van der Waals surface area contributed by atoms with Crippen LogP contribution in [0.5, 0.6) is 0 Å². The summed E-state index contributed by atoms with van der Waals surface area (Å²) in [7, 11) is 1.81. The first-order chi connectivity index (χ1) is 6.64. The standard InChI is InChI=1S/C14H30O/c1-13(2,3)9-8-12(11-15-7)10-14(4,5)6/h12H,8-11H2,1-7H3/t12-/m0/s1. The van der Waals surface area contributed by atoms with E-state index in [4.69, 9.17) is 4.74 Å². The topological polar surface area (TPSA) is 9.23 Å². The Balaban J connectivity index is 4.05. The first kappa shape index (κ1) is 15.0. The molecule has 0 amide bonds. The molecule has 0 rings (SSSR count). The zero-order valence-corrected chi connectivity index (χ0v) is 11.8. The summed E-state index contributed by atoms with van der Waals surface area (Å²) in [6.07, 6.45) is 3.84. The maximum absolute atomic E-state index is 5.32. The molecule has 1 nitrogen and oxygen atoms in total. The van der Waals surface area contributed by atoms with Crippen molar-refractivity contribution in [3.05, 3.63) is 0 Å². The van der Waals surface area contributed by atoms with Gasteiger partial charge in [-0.1, -0.05) is 41.5 Å². The van der Waals surface area contributed by atoms with Gasteiger partial charge in [-0.2, -0.15) is 0 Å². The van der Waals surface area contributed by atoms with Crippen molar-refractivity contribution in [2.75, 3.05) is 13.7 Å². The highest BCUT2D eigenvalue weighted by Gasteiger charge is 2.20. The van der Waals surface area contributed by atoms with E-state index in [0.29, 0.717) is 16.7 Å². The normalized spacial score (nSPS) is 15.4. The number of hydrogen-bond donors (Lipinski definition) is 0. The lowest BCUT2D eigenvalue weighted by Crippen LogP contribution is -2.19. The zero-order valence-electron chi connectivity index (χ0n) is 11.8. The van der Waals surface area contributed by atoms with Crippen LogP contribution in [0.2, 0.25) is 0 Å². The molecule has 0 fully saturated rings. The minimum absolute atomic E-state index is 0.418. The summed E-state index contributed by atoms with van der Waals surface area (Å²) in [5.74, 6) is 0.717. The lowest BCUT2D eigenvalue weighted by Gasteiger charge is -2.28. The highest BCUT2D eigenvalue weighted by atomic mass is 16.5. The van der Waals surface area contributed by atoms with E-state index in [0.717, 1.165) is 6.61 Å². The second-order valence-electron chi connectivity index (χ2n) is 7.19. The minimum atomic E-state index is 0.418. The fourth-order valence-electron chi connectivity index (χ4n) is 1.98. The van der Waals surface area contributed by atoms with Crippen molar-refractivity contribution < 1.29 is 4.74 Å². The molecular weight excluding hydrogens is 184 g/mol. The van der Waals surface area contributed by atoms with Gasteiger partial charge in [0.2, 0.25) is 0 Å². The SMILES string of the molecule is COC[C@@H](CCC(C)(C)C)CC(C)(C)C. The minimum Gasteiger partial charge on any atom is -0.384 e. The van der Waals surface area contributed by atoms with Gasteiger partial charge in [0.1, 0.15) is 0 Å². The van der Waals surface area contributed by atoms with Crippen LogP contribution in [0.25, 0.3) is 0 Å². The number of rotatable bonds is 5. The molecule has 0 radical (unpaired) electrons. The summed E-state index contributed by atoms with van der Waals surface area (Å²) in [4.78, 5) is 0. The fourth-order valence-corrected chi connectivity index (χ4v) is 1.98. The van der Waals surface area contributed by atoms with E-state index in [2.05, 4.69) is 41.5 Å². The van der Waals surface area contributed by atoms with E-state index < -0.39 is 0 Å². The Morgan fingerprint density at radius 1 is 0.933 bits per heavy atom. The monoisotopic (exact) mass is 214 g/mol. The van der Waals surface area contributed by atoms with Crippen molar-refractivity contribution in [2.24, 2.45) is 16.7 Å². The van der Waals surface area contributed by atoms with Crippen molar-refractivity contribution >= 4 is 0 Å². The van der Waals surface area contributed by atoms with Crippen LogP contribution < -0.4 is 0 Å². The third kappa shape index (κ3) is 10.2. The van der Waals surface area contributed by atoms with E-state index in [1.54, 1.807) is 0 Å². The van der Waals surface area contributed by atoms with Crippen LogP contribution in [0.15, 0.2) is 0 Å². The van der Waals surface area contributed by atoms with E-state index in [-0.39, 0.29) is 0 Å². The molecule has 0 aliphatic heterocycles. The van der Waals surface area contributed by atoms with Gasteiger partial charge in [-0.3, -0.25) is 0 Å². The van der Waals surface area contributed by atoms with E-state index in [1.165, 1.54) is 19.3 Å². The Kier molecular flexibility index (Phi) is 5.87. The molecule has 0 unspecified atom stereocenters. The van der Waals surface area contributed by atoms with Crippen LogP contribution in [0.1, 0.15) is 60.8 Å². The molecule has 0 aliphatic carbocycles. The summed E-state index contributed by atoms with van der Waals surface area (Å²) < 4.78 is 5.32. The highest BCUT2D eigenvalue weighted by molar-refractivity contribution is 4.72. The van der Waals surface area contributed by atoms with Crippen molar-refractivity contribution in [1.82, 2.24) is 0 Å². The number of ether oxygens (including phenoxy) is 1. The molecule has 0 bridgehead atoms. The smallest absolute Gasteiger partial charge is 0.0490 e. The van der Waals surface area contributed by atoms with Crippen molar-refractivity contribution in [2.45, 2.75) is 60.8 Å². The Labute approximate surface area is 96.6 Å². The molecule has 0 aliphatic rings. The van der Waals surface area contributed by atoms with Gasteiger partial charge >= 0.3 is 0 Å². The predicted octanol–water partition coefficient (Wildman–Crippen LogP) is 4.51.